The van der Waals surface area contributed by atoms with E-state index in [2.05, 4.69) is 9.97 Å². The molecule has 0 aliphatic rings. The first-order valence-electron chi connectivity index (χ1n) is 11.1. The van der Waals surface area contributed by atoms with Gasteiger partial charge in [0.15, 0.2) is 0 Å². The van der Waals surface area contributed by atoms with Crippen molar-refractivity contribution >= 4 is 39.1 Å². The van der Waals surface area contributed by atoms with Gasteiger partial charge in [0.25, 0.3) is 5.56 Å². The molecular formula is C24H30ClN3O5S. The molecule has 34 heavy (non-hydrogen) atoms. The zero-order valence-corrected chi connectivity index (χ0v) is 21.5. The molecule has 0 fully saturated rings. The molecule has 0 saturated carbocycles. The Bertz CT molecular complexity index is 1190. The number of aromatic amines is 1. The number of benzene rings is 1. The number of carbonyl (C=O) groups excluding carboxylic acids is 1. The predicted molar refractivity (Wildman–Crippen MR) is 134 cm³/mol. The van der Waals surface area contributed by atoms with E-state index in [1.807, 2.05) is 18.7 Å². The lowest BCUT2D eigenvalue weighted by atomic mass is 10.2. The van der Waals surface area contributed by atoms with Crippen LogP contribution in [0.5, 0.6) is 5.75 Å². The molecule has 1 atom stereocenters. The SMILES string of the molecule is Cc1c(C(=O)OC(C)C)sc2nc(CN(C[C@H](O)COc3ccc(Cl)cc3)C(C)C)[nH]c(=O)c12. The van der Waals surface area contributed by atoms with Crippen LogP contribution in [0.2, 0.25) is 5.02 Å². The van der Waals surface area contributed by atoms with Crippen molar-refractivity contribution in [3.8, 4) is 5.75 Å². The number of halogens is 1. The Balaban J connectivity index is 1.73. The van der Waals surface area contributed by atoms with E-state index in [0.29, 0.717) is 50.3 Å². The molecule has 0 aliphatic carbocycles. The largest absolute Gasteiger partial charge is 0.491 e. The lowest BCUT2D eigenvalue weighted by molar-refractivity contribution is 0.0383. The molecule has 0 bridgehead atoms. The van der Waals surface area contributed by atoms with Crippen LogP contribution in [0.1, 0.15) is 48.8 Å². The minimum atomic E-state index is -0.755. The summed E-state index contributed by atoms with van der Waals surface area (Å²) in [5.41, 5.74) is 0.272. The summed E-state index contributed by atoms with van der Waals surface area (Å²) in [6.45, 7) is 10.0. The van der Waals surface area contributed by atoms with Crippen molar-refractivity contribution in [1.82, 2.24) is 14.9 Å². The molecule has 0 spiro atoms. The molecule has 0 amide bonds. The van der Waals surface area contributed by atoms with Crippen LogP contribution in [0.25, 0.3) is 10.2 Å². The van der Waals surface area contributed by atoms with Crippen molar-refractivity contribution in [2.75, 3.05) is 13.2 Å². The standard InChI is InChI=1S/C24H30ClN3O5S/c1-13(2)28(10-17(29)12-32-18-8-6-16(25)7-9-18)11-19-26-22(30)20-15(5)21(34-23(20)27-19)24(31)33-14(3)4/h6-9,13-14,17,29H,10-12H2,1-5H3,(H,26,27,30)/t17-/m0/s1. The van der Waals surface area contributed by atoms with Crippen LogP contribution < -0.4 is 10.3 Å². The van der Waals surface area contributed by atoms with E-state index >= 15 is 0 Å². The first-order chi connectivity index (χ1) is 16.0. The number of aryl methyl sites for hydroxylation is 1. The fourth-order valence-corrected chi connectivity index (χ4v) is 4.63. The summed E-state index contributed by atoms with van der Waals surface area (Å²) in [5.74, 6) is 0.627. The second-order valence-electron chi connectivity index (χ2n) is 8.64. The maximum absolute atomic E-state index is 12.8. The molecule has 2 N–H and O–H groups in total. The highest BCUT2D eigenvalue weighted by Gasteiger charge is 2.22. The third-order valence-corrected chi connectivity index (χ3v) is 6.58. The summed E-state index contributed by atoms with van der Waals surface area (Å²) in [5, 5.41) is 11.5. The first-order valence-corrected chi connectivity index (χ1v) is 12.3. The number of aliphatic hydroxyl groups is 1. The van der Waals surface area contributed by atoms with Crippen LogP contribution in [-0.2, 0) is 11.3 Å². The molecule has 2 aromatic heterocycles. The molecule has 1 aromatic carbocycles. The summed E-state index contributed by atoms with van der Waals surface area (Å²) in [4.78, 5) is 35.5. The fourth-order valence-electron chi connectivity index (χ4n) is 3.42. The number of esters is 1. The number of hydrogen-bond acceptors (Lipinski definition) is 8. The van der Waals surface area contributed by atoms with Crippen molar-refractivity contribution in [3.05, 3.63) is 55.9 Å². The molecule has 2 heterocycles. The zero-order chi connectivity index (χ0) is 25.0. The first kappa shape index (κ1) is 26.2. The zero-order valence-electron chi connectivity index (χ0n) is 19.9. The van der Waals surface area contributed by atoms with E-state index in [9.17, 15) is 14.7 Å². The Morgan fingerprint density at radius 3 is 2.53 bits per heavy atom. The molecule has 0 unspecified atom stereocenters. The van der Waals surface area contributed by atoms with Crippen LogP contribution in [0.4, 0.5) is 0 Å². The highest BCUT2D eigenvalue weighted by molar-refractivity contribution is 7.20. The number of nitrogens with one attached hydrogen (secondary N) is 1. The van der Waals surface area contributed by atoms with Crippen LogP contribution in [0.15, 0.2) is 29.1 Å². The van der Waals surface area contributed by atoms with E-state index in [-0.39, 0.29) is 24.3 Å². The molecule has 184 valence electrons. The number of aromatic nitrogens is 2. The van der Waals surface area contributed by atoms with Crippen molar-refractivity contribution in [3.63, 3.8) is 0 Å². The maximum Gasteiger partial charge on any atom is 0.348 e. The Morgan fingerprint density at radius 1 is 1.24 bits per heavy atom. The van der Waals surface area contributed by atoms with Gasteiger partial charge >= 0.3 is 5.97 Å². The van der Waals surface area contributed by atoms with Gasteiger partial charge in [-0.1, -0.05) is 11.6 Å². The topological polar surface area (TPSA) is 105 Å². The lowest BCUT2D eigenvalue weighted by Crippen LogP contribution is -2.40. The van der Waals surface area contributed by atoms with Crippen molar-refractivity contribution < 1.29 is 19.4 Å². The van der Waals surface area contributed by atoms with E-state index in [0.717, 1.165) is 11.3 Å². The Morgan fingerprint density at radius 2 is 1.91 bits per heavy atom. The normalized spacial score (nSPS) is 12.6. The van der Waals surface area contributed by atoms with Gasteiger partial charge in [0, 0.05) is 17.6 Å². The third kappa shape index (κ3) is 6.56. The van der Waals surface area contributed by atoms with Crippen molar-refractivity contribution in [2.24, 2.45) is 0 Å². The van der Waals surface area contributed by atoms with Crippen molar-refractivity contribution in [1.29, 1.82) is 0 Å². The quantitative estimate of drug-likeness (QED) is 0.397. The van der Waals surface area contributed by atoms with Gasteiger partial charge in [-0.05, 0) is 64.4 Å². The van der Waals surface area contributed by atoms with Gasteiger partial charge < -0.3 is 19.6 Å². The number of hydrogen-bond donors (Lipinski definition) is 2. The molecular weight excluding hydrogens is 478 g/mol. The van der Waals surface area contributed by atoms with E-state index in [1.54, 1.807) is 45.0 Å². The highest BCUT2D eigenvalue weighted by atomic mass is 35.5. The van der Waals surface area contributed by atoms with Gasteiger partial charge in [0.05, 0.1) is 18.0 Å². The number of H-pyrrole nitrogens is 1. The Hall–Kier alpha value is -2.46. The van der Waals surface area contributed by atoms with Crippen molar-refractivity contribution in [2.45, 2.75) is 59.4 Å². The Kier molecular flexibility index (Phi) is 8.70. The van der Waals surface area contributed by atoms with Gasteiger partial charge in [-0.15, -0.1) is 11.3 Å². The smallest absolute Gasteiger partial charge is 0.348 e. The third-order valence-electron chi connectivity index (χ3n) is 5.16. The summed E-state index contributed by atoms with van der Waals surface area (Å²) in [6, 6.07) is 7.01. The molecule has 10 heteroatoms. The van der Waals surface area contributed by atoms with Crippen LogP contribution in [0.3, 0.4) is 0 Å². The van der Waals surface area contributed by atoms with E-state index in [4.69, 9.17) is 21.1 Å². The summed E-state index contributed by atoms with van der Waals surface area (Å²) in [6.07, 6.45) is -1.01. The van der Waals surface area contributed by atoms with E-state index < -0.39 is 12.1 Å². The molecule has 0 radical (unpaired) electrons. The van der Waals surface area contributed by atoms with Gasteiger partial charge in [0.1, 0.15) is 34.0 Å². The number of ether oxygens (including phenoxy) is 2. The Labute approximate surface area is 207 Å². The number of carbonyl (C=O) groups is 1. The van der Waals surface area contributed by atoms with E-state index in [1.165, 1.54) is 0 Å². The second-order valence-corrected chi connectivity index (χ2v) is 10.1. The van der Waals surface area contributed by atoms with Gasteiger partial charge in [-0.2, -0.15) is 0 Å². The summed E-state index contributed by atoms with van der Waals surface area (Å²) < 4.78 is 10.9. The molecule has 3 aromatic rings. The number of nitrogens with zero attached hydrogens (tertiary/aromatic N) is 2. The molecule has 3 rings (SSSR count). The highest BCUT2D eigenvalue weighted by Crippen LogP contribution is 2.28. The summed E-state index contributed by atoms with van der Waals surface area (Å²) in [7, 11) is 0. The number of thiophene rings is 1. The van der Waals surface area contributed by atoms with Gasteiger partial charge in [0.2, 0.25) is 0 Å². The number of rotatable bonds is 10. The van der Waals surface area contributed by atoms with Gasteiger partial charge in [-0.25, -0.2) is 9.78 Å². The second kappa shape index (κ2) is 11.3. The van der Waals surface area contributed by atoms with Crippen LogP contribution in [0, 0.1) is 6.92 Å². The minimum Gasteiger partial charge on any atom is -0.491 e. The summed E-state index contributed by atoms with van der Waals surface area (Å²) >= 11 is 7.04. The number of aliphatic hydroxyl groups excluding tert-OH is 1. The van der Waals surface area contributed by atoms with Crippen LogP contribution in [-0.4, -0.2) is 57.3 Å². The maximum atomic E-state index is 12.8. The molecule has 0 saturated heterocycles. The average Bonchev–Trinajstić information content (AvgIpc) is 3.09. The van der Waals surface area contributed by atoms with Gasteiger partial charge in [-0.3, -0.25) is 9.69 Å². The minimum absolute atomic E-state index is 0.0767. The molecule has 0 aliphatic heterocycles. The predicted octanol–water partition coefficient (Wildman–Crippen LogP) is 4.16. The lowest BCUT2D eigenvalue weighted by Gasteiger charge is -2.28. The average molecular weight is 508 g/mol. The number of fused-ring (bicyclic) bond motifs is 1. The molecule has 8 nitrogen and oxygen atoms in total. The van der Waals surface area contributed by atoms with Crippen LogP contribution >= 0.6 is 22.9 Å². The monoisotopic (exact) mass is 507 g/mol. The fraction of sp³-hybridized carbons (Fsp3) is 0.458.